The molecule has 0 fully saturated rings. The topological polar surface area (TPSA) is 0 Å². The molecule has 0 rings (SSSR count). The standard InChI is InChI=1S/C5H11.3BrH.Sn/c1-3-5-4-2;;;;/h1,3-5H2,2H3;3*1H;/q;;;;+3/p-3. The zero-order valence-electron chi connectivity index (χ0n) is 5.46. The van der Waals surface area contributed by atoms with Crippen LogP contribution in [0.15, 0.2) is 0 Å². The fraction of sp³-hybridized carbons (Fsp3) is 1.00. The van der Waals surface area contributed by atoms with E-state index >= 15 is 0 Å². The van der Waals surface area contributed by atoms with E-state index in [4.69, 9.17) is 0 Å². The van der Waals surface area contributed by atoms with Gasteiger partial charge in [-0.05, 0) is 0 Å². The Balaban J connectivity index is 3.07. The van der Waals surface area contributed by atoms with Crippen molar-refractivity contribution < 1.29 is 0 Å². The van der Waals surface area contributed by atoms with E-state index in [0.29, 0.717) is 0 Å². The summed E-state index contributed by atoms with van der Waals surface area (Å²) in [6, 6.07) is 0. The van der Waals surface area contributed by atoms with Gasteiger partial charge in [-0.25, -0.2) is 0 Å². The third-order valence-corrected chi connectivity index (χ3v) is 11.7. The zero-order valence-corrected chi connectivity index (χ0v) is 13.1. The third-order valence-electron chi connectivity index (χ3n) is 1.06. The number of unbranched alkanes of at least 4 members (excludes halogenated alkanes) is 2. The molecule has 0 spiro atoms. The molecule has 0 amide bonds. The second-order valence-electron chi connectivity index (χ2n) is 2.07. The fourth-order valence-corrected chi connectivity index (χ4v) is 8.08. The van der Waals surface area contributed by atoms with Crippen LogP contribution in [0.1, 0.15) is 26.2 Å². The predicted octanol–water partition coefficient (Wildman–Crippen LogP) is 4.30. The summed E-state index contributed by atoms with van der Waals surface area (Å²) in [6.07, 6.45) is 4.03. The maximum absolute atomic E-state index is 3.65. The molecular formula is C5H11Br3Sn. The van der Waals surface area contributed by atoms with Crippen molar-refractivity contribution >= 4 is 49.8 Å². The summed E-state index contributed by atoms with van der Waals surface area (Å²) in [5, 5.41) is 0. The Kier molecular flexibility index (Phi) is 7.29. The molecule has 0 nitrogen and oxygen atoms in total. The molecule has 0 N–H and O–H groups in total. The average Bonchev–Trinajstić information content (AvgIpc) is 1.63. The molecule has 0 aliphatic carbocycles. The Morgan fingerprint density at radius 3 is 2.00 bits per heavy atom. The first kappa shape index (κ1) is 11.2. The summed E-state index contributed by atoms with van der Waals surface area (Å²) in [5.74, 6) is 0. The Labute approximate surface area is 79.3 Å². The number of hydrogen-bond acceptors (Lipinski definition) is 0. The van der Waals surface area contributed by atoms with Crippen molar-refractivity contribution in [2.24, 2.45) is 0 Å². The van der Waals surface area contributed by atoms with Gasteiger partial charge in [0.2, 0.25) is 0 Å². The second kappa shape index (κ2) is 5.83. The van der Waals surface area contributed by atoms with Gasteiger partial charge >= 0.3 is 80.5 Å². The van der Waals surface area contributed by atoms with E-state index in [0.717, 1.165) is 0 Å². The molecule has 4 heteroatoms. The van der Waals surface area contributed by atoms with Crippen LogP contribution in [0.5, 0.6) is 0 Å². The summed E-state index contributed by atoms with van der Waals surface area (Å²) in [4.78, 5) is 0. The Hall–Kier alpha value is 2.24. The number of rotatable bonds is 4. The Bertz CT molecular complexity index is 69.1. The van der Waals surface area contributed by atoms with Gasteiger partial charge in [0, 0.05) is 0 Å². The first-order valence-electron chi connectivity index (χ1n) is 3.13. The van der Waals surface area contributed by atoms with Crippen LogP contribution in [0.25, 0.3) is 0 Å². The predicted molar refractivity (Wildman–Crippen MR) is 56.9 cm³/mol. The van der Waals surface area contributed by atoms with Crippen LogP contribution >= 0.6 is 38.1 Å². The van der Waals surface area contributed by atoms with Crippen LogP contribution in [-0.4, -0.2) is 11.7 Å². The van der Waals surface area contributed by atoms with Crippen molar-refractivity contribution in [3.8, 4) is 0 Å². The normalized spacial score (nSPS) is 12.0. The number of halogens is 3. The van der Waals surface area contributed by atoms with Gasteiger partial charge in [0.05, 0.1) is 0 Å². The van der Waals surface area contributed by atoms with Gasteiger partial charge in [-0.3, -0.25) is 0 Å². The summed E-state index contributed by atoms with van der Waals surface area (Å²) >= 11 is 9.06. The average molecular weight is 430 g/mol. The van der Waals surface area contributed by atoms with Gasteiger partial charge in [-0.15, -0.1) is 0 Å². The quantitative estimate of drug-likeness (QED) is 0.462. The molecule has 0 bridgehead atoms. The van der Waals surface area contributed by atoms with Crippen LogP contribution in [0, 0.1) is 0 Å². The van der Waals surface area contributed by atoms with E-state index in [1.165, 1.54) is 23.7 Å². The molecule has 0 aromatic rings. The Morgan fingerprint density at radius 2 is 1.67 bits per heavy atom. The van der Waals surface area contributed by atoms with Crippen LogP contribution in [0.2, 0.25) is 4.44 Å². The molecule has 0 unspecified atom stereocenters. The van der Waals surface area contributed by atoms with E-state index < -0.39 is 11.7 Å². The van der Waals surface area contributed by atoms with Crippen LogP contribution in [0.4, 0.5) is 0 Å². The number of hydrogen-bond donors (Lipinski definition) is 0. The van der Waals surface area contributed by atoms with Gasteiger partial charge in [0.25, 0.3) is 0 Å². The molecule has 0 aromatic carbocycles. The molecule has 0 radical (unpaired) electrons. The summed E-state index contributed by atoms with van der Waals surface area (Å²) in [7, 11) is 0. The molecule has 0 aliphatic heterocycles. The molecule has 0 atom stereocenters. The minimum atomic E-state index is -1.89. The molecule has 0 aromatic heterocycles. The van der Waals surface area contributed by atoms with Crippen LogP contribution < -0.4 is 0 Å². The van der Waals surface area contributed by atoms with E-state index in [2.05, 4.69) is 45.0 Å². The van der Waals surface area contributed by atoms with Crippen LogP contribution in [0.3, 0.4) is 0 Å². The summed E-state index contributed by atoms with van der Waals surface area (Å²) < 4.78 is 1.34. The SMILES string of the molecule is CCCC[CH2][Sn]([Br])([Br])[Br]. The van der Waals surface area contributed by atoms with Crippen molar-refractivity contribution in [3.63, 3.8) is 0 Å². The minimum absolute atomic E-state index is 1.31. The first-order chi connectivity index (χ1) is 4.06. The van der Waals surface area contributed by atoms with Gasteiger partial charge in [0.15, 0.2) is 0 Å². The van der Waals surface area contributed by atoms with Crippen LogP contribution in [-0.2, 0) is 0 Å². The zero-order chi connectivity index (χ0) is 7.33. The third kappa shape index (κ3) is 10.2. The van der Waals surface area contributed by atoms with Crippen molar-refractivity contribution in [2.75, 3.05) is 0 Å². The van der Waals surface area contributed by atoms with Crippen molar-refractivity contribution in [3.05, 3.63) is 0 Å². The molecule has 56 valence electrons. The Morgan fingerprint density at radius 1 is 1.11 bits per heavy atom. The summed E-state index contributed by atoms with van der Waals surface area (Å²) in [5.41, 5.74) is 0. The molecule has 0 saturated heterocycles. The van der Waals surface area contributed by atoms with Gasteiger partial charge < -0.3 is 0 Å². The van der Waals surface area contributed by atoms with E-state index in [1.807, 2.05) is 0 Å². The van der Waals surface area contributed by atoms with Crippen molar-refractivity contribution in [2.45, 2.75) is 30.6 Å². The molecule has 0 heterocycles. The van der Waals surface area contributed by atoms with E-state index in [-0.39, 0.29) is 0 Å². The van der Waals surface area contributed by atoms with E-state index in [1.54, 1.807) is 0 Å². The van der Waals surface area contributed by atoms with Gasteiger partial charge in [-0.2, -0.15) is 0 Å². The second-order valence-corrected chi connectivity index (χ2v) is 55.7. The molecule has 0 saturated carbocycles. The first-order valence-corrected chi connectivity index (χ1v) is 24.3. The van der Waals surface area contributed by atoms with Crippen molar-refractivity contribution in [1.82, 2.24) is 0 Å². The van der Waals surface area contributed by atoms with Gasteiger partial charge in [0.1, 0.15) is 0 Å². The van der Waals surface area contributed by atoms with Crippen molar-refractivity contribution in [1.29, 1.82) is 0 Å². The molecule has 9 heavy (non-hydrogen) atoms. The van der Waals surface area contributed by atoms with E-state index in [9.17, 15) is 0 Å². The van der Waals surface area contributed by atoms with Gasteiger partial charge in [-0.1, -0.05) is 0 Å². The summed E-state index contributed by atoms with van der Waals surface area (Å²) in [6.45, 7) is 2.23. The maximum atomic E-state index is 3.65. The fourth-order valence-electron chi connectivity index (χ4n) is 0.575. The molecule has 0 aliphatic rings. The monoisotopic (exact) mass is 428 g/mol. The molecular weight excluding hydrogens is 418 g/mol.